The van der Waals surface area contributed by atoms with E-state index in [4.69, 9.17) is 10.5 Å². The van der Waals surface area contributed by atoms with E-state index < -0.39 is 5.91 Å². The molecule has 1 amide bonds. The second-order valence-corrected chi connectivity index (χ2v) is 7.63. The summed E-state index contributed by atoms with van der Waals surface area (Å²) in [5.74, 6) is 0.202. The number of ether oxygens (including phenoxy) is 1. The number of aryl methyl sites for hydroxylation is 1. The minimum Gasteiger partial charge on any atom is -0.444 e. The van der Waals surface area contributed by atoms with Crippen molar-refractivity contribution in [1.29, 1.82) is 0 Å². The number of halogens is 1. The number of carbonyl (C=O) groups excluding carboxylic acids is 1. The molecule has 1 aliphatic rings. The average molecular weight is 408 g/mol. The maximum absolute atomic E-state index is 11.8. The van der Waals surface area contributed by atoms with Crippen molar-refractivity contribution in [2.45, 2.75) is 12.8 Å². The molecule has 0 spiro atoms. The van der Waals surface area contributed by atoms with E-state index in [0.29, 0.717) is 15.7 Å². The van der Waals surface area contributed by atoms with Gasteiger partial charge in [0.1, 0.15) is 10.4 Å². The van der Waals surface area contributed by atoms with Crippen LogP contribution in [0.5, 0.6) is 10.8 Å². The summed E-state index contributed by atoms with van der Waals surface area (Å²) in [7, 11) is 0. The van der Waals surface area contributed by atoms with Crippen molar-refractivity contribution < 1.29 is 9.53 Å². The molecule has 0 radical (unpaired) electrons. The number of amides is 1. The first kappa shape index (κ1) is 14.8. The highest BCUT2D eigenvalue weighted by Gasteiger charge is 2.29. The molecule has 5 nitrogen and oxygen atoms in total. The predicted molar refractivity (Wildman–Crippen MR) is 93.4 cm³/mol. The van der Waals surface area contributed by atoms with Crippen molar-refractivity contribution in [3.8, 4) is 21.3 Å². The van der Waals surface area contributed by atoms with E-state index in [9.17, 15) is 4.79 Å². The number of fused-ring (bicyclic) bond motifs is 3. The lowest BCUT2D eigenvalue weighted by Crippen LogP contribution is -2.12. The molecular formula is C15H10BrN3O2S2. The van der Waals surface area contributed by atoms with E-state index in [0.717, 1.165) is 33.4 Å². The summed E-state index contributed by atoms with van der Waals surface area (Å²) in [6.45, 7) is 0. The maximum atomic E-state index is 11.8. The monoisotopic (exact) mass is 407 g/mol. The van der Waals surface area contributed by atoms with Crippen molar-refractivity contribution in [2.24, 2.45) is 5.73 Å². The minimum absolute atomic E-state index is 0.414. The number of carbonyl (C=O) groups is 1. The second kappa shape index (κ2) is 5.70. The third-order valence-corrected chi connectivity index (χ3v) is 6.08. The molecule has 0 atom stereocenters. The molecule has 0 aliphatic heterocycles. The minimum atomic E-state index is -0.414. The lowest BCUT2D eigenvalue weighted by atomic mass is 9.93. The number of hydrogen-bond donors (Lipinski definition) is 1. The van der Waals surface area contributed by atoms with Crippen LogP contribution in [-0.2, 0) is 12.8 Å². The number of hydrogen-bond acceptors (Lipinski definition) is 6. The highest BCUT2D eigenvalue weighted by molar-refractivity contribution is 9.10. The molecule has 0 unspecified atom stereocenters. The van der Waals surface area contributed by atoms with Gasteiger partial charge in [0.2, 0.25) is 0 Å². The molecular weight excluding hydrogens is 398 g/mol. The van der Waals surface area contributed by atoms with Crippen LogP contribution in [0.4, 0.5) is 0 Å². The van der Waals surface area contributed by atoms with Crippen LogP contribution in [0.15, 0.2) is 29.1 Å². The van der Waals surface area contributed by atoms with Gasteiger partial charge in [0.15, 0.2) is 5.06 Å². The fraction of sp³-hybridized carbons (Fsp3) is 0.133. The smallest absolute Gasteiger partial charge is 0.259 e. The predicted octanol–water partition coefficient (Wildman–Crippen LogP) is 4.02. The summed E-state index contributed by atoms with van der Waals surface area (Å²) in [6, 6.07) is 3.63. The third kappa shape index (κ3) is 2.56. The molecule has 4 rings (SSSR count). The zero-order chi connectivity index (χ0) is 16.0. The summed E-state index contributed by atoms with van der Waals surface area (Å²) in [5.41, 5.74) is 8.66. The first-order chi connectivity index (χ1) is 11.1. The maximum Gasteiger partial charge on any atom is 0.259 e. The quantitative estimate of drug-likeness (QED) is 0.664. The Labute approximate surface area is 148 Å². The molecule has 1 aliphatic carbocycles. The summed E-state index contributed by atoms with van der Waals surface area (Å²) in [5, 5.41) is 0.670. The van der Waals surface area contributed by atoms with Crippen LogP contribution in [0, 0.1) is 0 Å². The zero-order valence-electron chi connectivity index (χ0n) is 11.7. The Morgan fingerprint density at radius 2 is 2.17 bits per heavy atom. The number of nitrogens with zero attached hydrogens (tertiary/aromatic N) is 2. The fourth-order valence-corrected chi connectivity index (χ4v) is 4.86. The molecule has 3 aromatic rings. The molecule has 3 aromatic heterocycles. The first-order valence-corrected chi connectivity index (χ1v) is 9.20. The van der Waals surface area contributed by atoms with Crippen molar-refractivity contribution in [3.05, 3.63) is 45.1 Å². The largest absolute Gasteiger partial charge is 0.444 e. The van der Waals surface area contributed by atoms with Crippen LogP contribution in [0.1, 0.15) is 20.8 Å². The van der Waals surface area contributed by atoms with Crippen LogP contribution in [0.2, 0.25) is 0 Å². The lowest BCUT2D eigenvalue weighted by Gasteiger charge is -2.13. The number of pyridine rings is 1. The standard InChI is InChI=1S/C15H10BrN3O2S2/c16-10-4-2-8(6-18-10)21-15-11-9(13(22-15)14(17)20)3-1-7-5-19-23-12(7)11/h2,4-6H,1,3H2,(H2,17,20). The Hall–Kier alpha value is -1.77. The van der Waals surface area contributed by atoms with Crippen LogP contribution in [-0.4, -0.2) is 15.3 Å². The van der Waals surface area contributed by atoms with Gasteiger partial charge in [-0.1, -0.05) is 11.3 Å². The van der Waals surface area contributed by atoms with E-state index in [2.05, 4.69) is 25.3 Å². The van der Waals surface area contributed by atoms with E-state index in [-0.39, 0.29) is 0 Å². The fourth-order valence-electron chi connectivity index (χ4n) is 2.61. The summed E-state index contributed by atoms with van der Waals surface area (Å²) < 4.78 is 11.0. The van der Waals surface area contributed by atoms with Gasteiger partial charge in [-0.05, 0) is 63.6 Å². The molecule has 0 saturated heterocycles. The number of primary amides is 1. The number of nitrogens with two attached hydrogens (primary N) is 1. The third-order valence-electron chi connectivity index (χ3n) is 3.62. The molecule has 0 bridgehead atoms. The summed E-state index contributed by atoms with van der Waals surface area (Å²) in [6.07, 6.45) is 5.17. The van der Waals surface area contributed by atoms with Crippen molar-refractivity contribution in [1.82, 2.24) is 9.36 Å². The Morgan fingerprint density at radius 1 is 1.30 bits per heavy atom. The highest BCUT2D eigenvalue weighted by Crippen LogP contribution is 2.49. The van der Waals surface area contributed by atoms with E-state index in [1.807, 2.05) is 18.3 Å². The number of rotatable bonds is 3. The normalized spacial score (nSPS) is 12.6. The summed E-state index contributed by atoms with van der Waals surface area (Å²) in [4.78, 5) is 17.6. The SMILES string of the molecule is NC(=O)c1sc(Oc2ccc(Br)nc2)c2c1CCc1cnsc1-2. The van der Waals surface area contributed by atoms with E-state index in [1.54, 1.807) is 6.20 Å². The Morgan fingerprint density at radius 3 is 2.91 bits per heavy atom. The summed E-state index contributed by atoms with van der Waals surface area (Å²) >= 11 is 6.01. The average Bonchev–Trinajstić information content (AvgIpc) is 3.13. The van der Waals surface area contributed by atoms with Gasteiger partial charge >= 0.3 is 0 Å². The highest BCUT2D eigenvalue weighted by atomic mass is 79.9. The molecule has 116 valence electrons. The molecule has 0 fully saturated rings. The topological polar surface area (TPSA) is 78.1 Å². The van der Waals surface area contributed by atoms with Gasteiger partial charge in [0, 0.05) is 6.20 Å². The Kier molecular flexibility index (Phi) is 3.67. The van der Waals surface area contributed by atoms with Gasteiger partial charge < -0.3 is 10.5 Å². The Balaban J connectivity index is 1.84. The molecule has 2 N–H and O–H groups in total. The first-order valence-electron chi connectivity index (χ1n) is 6.82. The number of thiophene rings is 1. The molecule has 8 heteroatoms. The molecule has 3 heterocycles. The molecule has 23 heavy (non-hydrogen) atoms. The van der Waals surface area contributed by atoms with Gasteiger partial charge in [0.25, 0.3) is 5.91 Å². The zero-order valence-corrected chi connectivity index (χ0v) is 14.9. The van der Waals surface area contributed by atoms with Crippen molar-refractivity contribution in [2.75, 3.05) is 0 Å². The van der Waals surface area contributed by atoms with Gasteiger partial charge in [-0.15, -0.1) is 0 Å². The number of aromatic nitrogens is 2. The molecule has 0 saturated carbocycles. The van der Waals surface area contributed by atoms with Crippen molar-refractivity contribution >= 4 is 44.7 Å². The van der Waals surface area contributed by atoms with Gasteiger partial charge in [0.05, 0.1) is 21.5 Å². The van der Waals surface area contributed by atoms with Gasteiger partial charge in [-0.2, -0.15) is 0 Å². The van der Waals surface area contributed by atoms with E-state index >= 15 is 0 Å². The Bertz CT molecular complexity index is 902. The molecule has 0 aromatic carbocycles. The second-order valence-electron chi connectivity index (χ2n) is 5.04. The van der Waals surface area contributed by atoms with Crippen molar-refractivity contribution in [3.63, 3.8) is 0 Å². The van der Waals surface area contributed by atoms with Crippen LogP contribution in [0.25, 0.3) is 10.4 Å². The van der Waals surface area contributed by atoms with Gasteiger partial charge in [-0.25, -0.2) is 9.36 Å². The van der Waals surface area contributed by atoms with Crippen LogP contribution in [0.3, 0.4) is 0 Å². The van der Waals surface area contributed by atoms with E-state index in [1.165, 1.54) is 28.4 Å². The van der Waals surface area contributed by atoms with Crippen LogP contribution >= 0.6 is 38.8 Å². The van der Waals surface area contributed by atoms with Gasteiger partial charge in [-0.3, -0.25) is 4.79 Å². The van der Waals surface area contributed by atoms with Crippen LogP contribution < -0.4 is 10.5 Å². The lowest BCUT2D eigenvalue weighted by molar-refractivity contribution is 0.100.